The number of allylic oxidation sites excluding steroid dienone is 2. The van der Waals surface area contributed by atoms with E-state index in [-0.39, 0.29) is 5.78 Å². The largest absolute Gasteiger partial charge is 0.289 e. The zero-order chi connectivity index (χ0) is 13.1. The van der Waals surface area contributed by atoms with Crippen molar-refractivity contribution in [1.29, 1.82) is 0 Å². The summed E-state index contributed by atoms with van der Waals surface area (Å²) in [4.78, 5) is 14.8. The molecule has 2 aromatic rings. The average molecular weight is 286 g/mol. The van der Waals surface area contributed by atoms with Crippen LogP contribution < -0.4 is 0 Å². The molecule has 0 aromatic carbocycles. The van der Waals surface area contributed by atoms with Gasteiger partial charge in [-0.15, -0.1) is 22.7 Å². The molecule has 0 atom stereocenters. The van der Waals surface area contributed by atoms with E-state index in [1.807, 2.05) is 22.9 Å². The second-order valence-corrected chi connectivity index (χ2v) is 6.51. The van der Waals surface area contributed by atoms with E-state index in [2.05, 4.69) is 24.3 Å². The second kappa shape index (κ2) is 5.68. The Kier molecular flexibility index (Phi) is 3.76. The second-order valence-electron chi connectivity index (χ2n) is 4.55. The molecule has 0 saturated heterocycles. The van der Waals surface area contributed by atoms with Gasteiger partial charge in [-0.3, -0.25) is 4.79 Å². The van der Waals surface area contributed by atoms with Crippen molar-refractivity contribution < 1.29 is 4.79 Å². The first kappa shape index (κ1) is 12.6. The van der Waals surface area contributed by atoms with Gasteiger partial charge in [0, 0.05) is 20.9 Å². The van der Waals surface area contributed by atoms with Crippen LogP contribution in [0.4, 0.5) is 0 Å². The van der Waals surface area contributed by atoms with Crippen molar-refractivity contribution in [3.8, 4) is 0 Å². The standard InChI is InChI=1S/C16H14OS2/c17-16-12(10-14-6-2-8-18-14)4-1-5-13(16)11-15-7-3-9-19-15/h2-3,6-11H,1,4-5H2/b12-10+,13-11+. The Hall–Kier alpha value is -1.45. The number of hydrogen-bond acceptors (Lipinski definition) is 3. The molecule has 0 spiro atoms. The zero-order valence-electron chi connectivity index (χ0n) is 10.5. The Morgan fingerprint density at radius 3 is 1.84 bits per heavy atom. The molecular formula is C16H14OS2. The smallest absolute Gasteiger partial charge is 0.185 e. The van der Waals surface area contributed by atoms with Crippen molar-refractivity contribution in [1.82, 2.24) is 0 Å². The highest BCUT2D eigenvalue weighted by Crippen LogP contribution is 2.29. The number of carbonyl (C=O) groups excluding carboxylic acids is 1. The molecule has 0 amide bonds. The molecular weight excluding hydrogens is 272 g/mol. The maximum absolute atomic E-state index is 12.5. The number of Topliss-reactive ketones (excluding diaryl/α,β-unsaturated/α-hetero) is 1. The van der Waals surface area contributed by atoms with Crippen LogP contribution in [0.5, 0.6) is 0 Å². The fraction of sp³-hybridized carbons (Fsp3) is 0.188. The van der Waals surface area contributed by atoms with E-state index in [9.17, 15) is 4.79 Å². The van der Waals surface area contributed by atoms with Crippen molar-refractivity contribution >= 4 is 40.6 Å². The van der Waals surface area contributed by atoms with E-state index in [0.29, 0.717) is 0 Å². The molecule has 1 saturated carbocycles. The molecule has 0 N–H and O–H groups in total. The van der Waals surface area contributed by atoms with E-state index in [0.717, 1.165) is 30.4 Å². The Balaban J connectivity index is 1.87. The third kappa shape index (κ3) is 2.94. The first-order valence-corrected chi connectivity index (χ1v) is 8.12. The molecule has 0 bridgehead atoms. The number of hydrogen-bond donors (Lipinski definition) is 0. The Morgan fingerprint density at radius 2 is 1.42 bits per heavy atom. The molecule has 0 aliphatic heterocycles. The van der Waals surface area contributed by atoms with Gasteiger partial charge >= 0.3 is 0 Å². The van der Waals surface area contributed by atoms with Gasteiger partial charge in [-0.1, -0.05) is 12.1 Å². The van der Waals surface area contributed by atoms with Gasteiger partial charge in [0.2, 0.25) is 0 Å². The lowest BCUT2D eigenvalue weighted by atomic mass is 9.88. The van der Waals surface area contributed by atoms with Gasteiger partial charge in [-0.05, 0) is 54.3 Å². The van der Waals surface area contributed by atoms with Crippen molar-refractivity contribution in [2.45, 2.75) is 19.3 Å². The summed E-state index contributed by atoms with van der Waals surface area (Å²) in [5.41, 5.74) is 1.91. The summed E-state index contributed by atoms with van der Waals surface area (Å²) in [7, 11) is 0. The average Bonchev–Trinajstić information content (AvgIpc) is 3.07. The molecule has 1 fully saturated rings. The highest BCUT2D eigenvalue weighted by atomic mass is 32.1. The maximum atomic E-state index is 12.5. The summed E-state index contributed by atoms with van der Waals surface area (Å²) in [6.45, 7) is 0. The van der Waals surface area contributed by atoms with E-state index >= 15 is 0 Å². The zero-order valence-corrected chi connectivity index (χ0v) is 12.1. The molecule has 3 rings (SSSR count). The molecule has 1 nitrogen and oxygen atoms in total. The van der Waals surface area contributed by atoms with Gasteiger partial charge in [-0.2, -0.15) is 0 Å². The lowest BCUT2D eigenvalue weighted by molar-refractivity contribution is -0.112. The SMILES string of the molecule is O=C1/C(=C/c2cccs2)CCC/C1=C\c1cccs1. The minimum absolute atomic E-state index is 0.230. The highest BCUT2D eigenvalue weighted by Gasteiger charge is 2.20. The van der Waals surface area contributed by atoms with Crippen LogP contribution in [-0.4, -0.2) is 5.78 Å². The first-order valence-electron chi connectivity index (χ1n) is 6.36. The normalized spacial score (nSPS) is 20.3. The molecule has 1 aliphatic rings. The molecule has 2 heterocycles. The molecule has 3 heteroatoms. The third-order valence-corrected chi connectivity index (χ3v) is 4.83. The van der Waals surface area contributed by atoms with Crippen molar-refractivity contribution in [3.05, 3.63) is 55.9 Å². The number of ketones is 1. The van der Waals surface area contributed by atoms with Crippen LogP contribution in [-0.2, 0) is 4.79 Å². The summed E-state index contributed by atoms with van der Waals surface area (Å²) >= 11 is 3.36. The van der Waals surface area contributed by atoms with Crippen LogP contribution >= 0.6 is 22.7 Å². The molecule has 2 aromatic heterocycles. The number of carbonyl (C=O) groups is 1. The summed E-state index contributed by atoms with van der Waals surface area (Å²) in [6.07, 6.45) is 6.97. The summed E-state index contributed by atoms with van der Waals surface area (Å²) in [5.74, 6) is 0.230. The molecule has 0 radical (unpaired) electrons. The summed E-state index contributed by atoms with van der Waals surface area (Å²) < 4.78 is 0. The molecule has 0 unspecified atom stereocenters. The Bertz CT molecular complexity index is 562. The number of thiophene rings is 2. The van der Waals surface area contributed by atoms with Gasteiger partial charge in [0.25, 0.3) is 0 Å². The Labute approximate surface area is 120 Å². The van der Waals surface area contributed by atoms with Gasteiger partial charge in [0.1, 0.15) is 0 Å². The van der Waals surface area contributed by atoms with Crippen molar-refractivity contribution in [3.63, 3.8) is 0 Å². The third-order valence-electron chi connectivity index (χ3n) is 3.19. The first-order chi connectivity index (χ1) is 9.33. The van der Waals surface area contributed by atoms with Crippen molar-refractivity contribution in [2.24, 2.45) is 0 Å². The van der Waals surface area contributed by atoms with Crippen LogP contribution in [0.2, 0.25) is 0 Å². The van der Waals surface area contributed by atoms with Gasteiger partial charge in [0.15, 0.2) is 5.78 Å². The molecule has 1 aliphatic carbocycles. The van der Waals surface area contributed by atoms with E-state index in [4.69, 9.17) is 0 Å². The van der Waals surface area contributed by atoms with E-state index < -0.39 is 0 Å². The predicted molar refractivity (Wildman–Crippen MR) is 83.5 cm³/mol. The predicted octanol–water partition coefficient (Wildman–Crippen LogP) is 5.03. The summed E-state index contributed by atoms with van der Waals surface area (Å²) in [5, 5.41) is 4.09. The fourth-order valence-corrected chi connectivity index (χ4v) is 3.63. The van der Waals surface area contributed by atoms with Crippen LogP contribution in [0.1, 0.15) is 29.0 Å². The van der Waals surface area contributed by atoms with Gasteiger partial charge in [-0.25, -0.2) is 0 Å². The van der Waals surface area contributed by atoms with Crippen LogP contribution in [0.25, 0.3) is 12.2 Å². The van der Waals surface area contributed by atoms with E-state index in [1.165, 1.54) is 9.75 Å². The molecule has 19 heavy (non-hydrogen) atoms. The topological polar surface area (TPSA) is 17.1 Å². The van der Waals surface area contributed by atoms with Crippen LogP contribution in [0.3, 0.4) is 0 Å². The van der Waals surface area contributed by atoms with Gasteiger partial charge < -0.3 is 0 Å². The van der Waals surface area contributed by atoms with Crippen LogP contribution in [0.15, 0.2) is 46.2 Å². The van der Waals surface area contributed by atoms with Gasteiger partial charge in [0.05, 0.1) is 0 Å². The molecule has 96 valence electrons. The lowest BCUT2D eigenvalue weighted by Crippen LogP contribution is -2.11. The maximum Gasteiger partial charge on any atom is 0.185 e. The highest BCUT2D eigenvalue weighted by molar-refractivity contribution is 7.11. The lowest BCUT2D eigenvalue weighted by Gasteiger charge is -2.15. The minimum Gasteiger partial charge on any atom is -0.289 e. The fourth-order valence-electron chi connectivity index (χ4n) is 2.27. The quantitative estimate of drug-likeness (QED) is 0.708. The Morgan fingerprint density at radius 1 is 0.895 bits per heavy atom. The summed E-state index contributed by atoms with van der Waals surface area (Å²) in [6, 6.07) is 8.16. The van der Waals surface area contributed by atoms with Crippen molar-refractivity contribution in [2.75, 3.05) is 0 Å². The van der Waals surface area contributed by atoms with Crippen LogP contribution in [0, 0.1) is 0 Å². The number of rotatable bonds is 2. The van der Waals surface area contributed by atoms with E-state index in [1.54, 1.807) is 22.7 Å². The monoisotopic (exact) mass is 286 g/mol. The minimum atomic E-state index is 0.230.